The van der Waals surface area contributed by atoms with Crippen LogP contribution in [0, 0.1) is 5.92 Å². The van der Waals surface area contributed by atoms with E-state index in [2.05, 4.69) is 19.2 Å². The second-order valence-corrected chi connectivity index (χ2v) is 3.78. The lowest BCUT2D eigenvalue weighted by Crippen LogP contribution is -2.30. The highest BCUT2D eigenvalue weighted by Crippen LogP contribution is 1.92. The van der Waals surface area contributed by atoms with Crippen molar-refractivity contribution >= 4 is 5.97 Å². The quantitative estimate of drug-likeness (QED) is 0.622. The van der Waals surface area contributed by atoms with Crippen LogP contribution in [-0.4, -0.2) is 38.9 Å². The number of methoxy groups -OCH3 is 1. The van der Waals surface area contributed by atoms with Gasteiger partial charge < -0.3 is 14.8 Å². The van der Waals surface area contributed by atoms with Crippen LogP contribution in [0.4, 0.5) is 0 Å². The summed E-state index contributed by atoms with van der Waals surface area (Å²) in [6, 6.07) is 0. The number of rotatable bonds is 7. The van der Waals surface area contributed by atoms with Crippen molar-refractivity contribution in [3.8, 4) is 0 Å². The number of hydrogen-bond donors (Lipinski definition) is 1. The van der Waals surface area contributed by atoms with Crippen molar-refractivity contribution in [3.63, 3.8) is 0 Å². The molecule has 1 atom stereocenters. The monoisotopic (exact) mass is 203 g/mol. The summed E-state index contributed by atoms with van der Waals surface area (Å²) >= 11 is 0. The van der Waals surface area contributed by atoms with Crippen LogP contribution in [-0.2, 0) is 14.3 Å². The fourth-order valence-electron chi connectivity index (χ4n) is 0.998. The van der Waals surface area contributed by atoms with E-state index in [1.54, 1.807) is 7.11 Å². The molecule has 0 aromatic carbocycles. The van der Waals surface area contributed by atoms with Gasteiger partial charge in [0.05, 0.1) is 13.2 Å². The van der Waals surface area contributed by atoms with E-state index >= 15 is 0 Å². The van der Waals surface area contributed by atoms with Crippen molar-refractivity contribution < 1.29 is 14.3 Å². The average molecular weight is 203 g/mol. The van der Waals surface area contributed by atoms with Crippen molar-refractivity contribution in [2.24, 2.45) is 5.92 Å². The molecule has 1 N–H and O–H groups in total. The fraction of sp³-hybridized carbons (Fsp3) is 0.900. The maximum Gasteiger partial charge on any atom is 0.320 e. The van der Waals surface area contributed by atoms with Crippen molar-refractivity contribution in [1.29, 1.82) is 0 Å². The number of esters is 1. The van der Waals surface area contributed by atoms with Gasteiger partial charge in [0.15, 0.2) is 0 Å². The van der Waals surface area contributed by atoms with E-state index in [4.69, 9.17) is 9.47 Å². The molecule has 0 radical (unpaired) electrons. The van der Waals surface area contributed by atoms with Gasteiger partial charge in [-0.3, -0.25) is 4.79 Å². The Kier molecular flexibility index (Phi) is 7.42. The Hall–Kier alpha value is -0.610. The Bertz CT molecular complexity index is 159. The molecule has 4 heteroatoms. The third-order valence-electron chi connectivity index (χ3n) is 1.56. The lowest BCUT2D eigenvalue weighted by Gasteiger charge is -2.12. The molecular formula is C10H21NO3. The normalized spacial score (nSPS) is 12.9. The zero-order valence-electron chi connectivity index (χ0n) is 9.50. The number of nitrogens with one attached hydrogen (secondary N) is 1. The first-order chi connectivity index (χ1) is 6.56. The molecule has 0 rings (SSSR count). The Labute approximate surface area is 86.0 Å². The number of ether oxygens (including phenoxy) is 2. The van der Waals surface area contributed by atoms with Crippen molar-refractivity contribution in [2.45, 2.75) is 26.9 Å². The highest BCUT2D eigenvalue weighted by atomic mass is 16.6. The van der Waals surface area contributed by atoms with Gasteiger partial charge in [-0.2, -0.15) is 0 Å². The summed E-state index contributed by atoms with van der Waals surface area (Å²) in [5.41, 5.74) is 0. The summed E-state index contributed by atoms with van der Waals surface area (Å²) in [6.07, 6.45) is -0.173. The smallest absolute Gasteiger partial charge is 0.320 e. The second-order valence-electron chi connectivity index (χ2n) is 3.78. The van der Waals surface area contributed by atoms with Crippen LogP contribution in [0.25, 0.3) is 0 Å². The second kappa shape index (κ2) is 7.76. The summed E-state index contributed by atoms with van der Waals surface area (Å²) in [5, 5.41) is 3.02. The van der Waals surface area contributed by atoms with Gasteiger partial charge in [0.2, 0.25) is 0 Å². The molecule has 0 aromatic heterocycles. The van der Waals surface area contributed by atoms with E-state index in [-0.39, 0.29) is 18.6 Å². The molecule has 0 heterocycles. The van der Waals surface area contributed by atoms with Crippen molar-refractivity contribution in [2.75, 3.05) is 26.8 Å². The van der Waals surface area contributed by atoms with Gasteiger partial charge in [0, 0.05) is 7.11 Å². The molecule has 0 aliphatic rings. The largest absolute Gasteiger partial charge is 0.459 e. The van der Waals surface area contributed by atoms with E-state index in [0.29, 0.717) is 12.5 Å². The molecule has 0 saturated carbocycles. The lowest BCUT2D eigenvalue weighted by molar-refractivity contribution is -0.149. The number of carbonyl (C=O) groups excluding carboxylic acids is 1. The van der Waals surface area contributed by atoms with Gasteiger partial charge in [0.25, 0.3) is 0 Å². The first kappa shape index (κ1) is 13.4. The zero-order valence-corrected chi connectivity index (χ0v) is 9.50. The van der Waals surface area contributed by atoms with E-state index in [1.165, 1.54) is 0 Å². The predicted octanol–water partition coefficient (Wildman–Crippen LogP) is 0.810. The lowest BCUT2D eigenvalue weighted by atomic mass is 10.2. The van der Waals surface area contributed by atoms with Crippen LogP contribution in [0.5, 0.6) is 0 Å². The minimum atomic E-state index is -0.227. The standard InChI is InChI=1S/C10H21NO3/c1-8(2)5-11-6-10(12)14-9(3)7-13-4/h8-9,11H,5-7H2,1-4H3. The SMILES string of the molecule is COCC(C)OC(=O)CNCC(C)C. The summed E-state index contributed by atoms with van der Waals surface area (Å²) in [7, 11) is 1.58. The van der Waals surface area contributed by atoms with E-state index in [9.17, 15) is 4.79 Å². The molecule has 0 aliphatic carbocycles. The van der Waals surface area contributed by atoms with E-state index in [0.717, 1.165) is 6.54 Å². The van der Waals surface area contributed by atoms with Gasteiger partial charge in [-0.15, -0.1) is 0 Å². The Morgan fingerprint density at radius 3 is 2.50 bits per heavy atom. The highest BCUT2D eigenvalue weighted by Gasteiger charge is 2.08. The number of hydrogen-bond acceptors (Lipinski definition) is 4. The molecule has 1 unspecified atom stereocenters. The molecule has 84 valence electrons. The Balaban J connectivity index is 3.45. The molecule has 4 nitrogen and oxygen atoms in total. The molecule has 14 heavy (non-hydrogen) atoms. The van der Waals surface area contributed by atoms with Gasteiger partial charge in [-0.05, 0) is 19.4 Å². The van der Waals surface area contributed by atoms with E-state index in [1.807, 2.05) is 6.92 Å². The molecule has 0 bridgehead atoms. The van der Waals surface area contributed by atoms with Crippen LogP contribution in [0.15, 0.2) is 0 Å². The van der Waals surface area contributed by atoms with Crippen LogP contribution < -0.4 is 5.32 Å². The summed E-state index contributed by atoms with van der Waals surface area (Å²) in [5.74, 6) is 0.314. The maximum absolute atomic E-state index is 11.2. The third kappa shape index (κ3) is 8.01. The van der Waals surface area contributed by atoms with Crippen LogP contribution >= 0.6 is 0 Å². The molecule has 0 saturated heterocycles. The van der Waals surface area contributed by atoms with Crippen molar-refractivity contribution in [1.82, 2.24) is 5.32 Å². The molecule has 0 spiro atoms. The third-order valence-corrected chi connectivity index (χ3v) is 1.56. The zero-order chi connectivity index (χ0) is 11.0. The topological polar surface area (TPSA) is 47.6 Å². The average Bonchev–Trinajstić information content (AvgIpc) is 2.03. The summed E-state index contributed by atoms with van der Waals surface area (Å²) in [6.45, 7) is 7.53. The number of carbonyl (C=O) groups is 1. The molecule has 0 amide bonds. The summed E-state index contributed by atoms with van der Waals surface area (Å²) in [4.78, 5) is 11.2. The van der Waals surface area contributed by atoms with Crippen LogP contribution in [0.1, 0.15) is 20.8 Å². The Morgan fingerprint density at radius 1 is 1.36 bits per heavy atom. The van der Waals surface area contributed by atoms with Crippen molar-refractivity contribution in [3.05, 3.63) is 0 Å². The van der Waals surface area contributed by atoms with Gasteiger partial charge >= 0.3 is 5.97 Å². The highest BCUT2D eigenvalue weighted by molar-refractivity contribution is 5.71. The first-order valence-corrected chi connectivity index (χ1v) is 4.95. The molecule has 0 aliphatic heterocycles. The minimum absolute atomic E-state index is 0.173. The Morgan fingerprint density at radius 2 is 2.00 bits per heavy atom. The van der Waals surface area contributed by atoms with Gasteiger partial charge in [0.1, 0.15) is 6.10 Å². The van der Waals surface area contributed by atoms with Crippen LogP contribution in [0.3, 0.4) is 0 Å². The molecule has 0 fully saturated rings. The van der Waals surface area contributed by atoms with E-state index < -0.39 is 0 Å². The van der Waals surface area contributed by atoms with Gasteiger partial charge in [-0.1, -0.05) is 13.8 Å². The molecular weight excluding hydrogens is 182 g/mol. The van der Waals surface area contributed by atoms with Gasteiger partial charge in [-0.25, -0.2) is 0 Å². The maximum atomic E-state index is 11.2. The summed E-state index contributed by atoms with van der Waals surface area (Å²) < 4.78 is 9.90. The molecule has 0 aromatic rings. The predicted molar refractivity (Wildman–Crippen MR) is 55.1 cm³/mol. The minimum Gasteiger partial charge on any atom is -0.459 e. The fourth-order valence-corrected chi connectivity index (χ4v) is 0.998. The van der Waals surface area contributed by atoms with Crippen LogP contribution in [0.2, 0.25) is 0 Å². The first-order valence-electron chi connectivity index (χ1n) is 4.95.